The fourth-order valence-electron chi connectivity index (χ4n) is 2.04. The van der Waals surface area contributed by atoms with Crippen molar-refractivity contribution >= 4 is 28.6 Å². The van der Waals surface area contributed by atoms with Gasteiger partial charge in [0.2, 0.25) is 11.8 Å². The van der Waals surface area contributed by atoms with E-state index in [2.05, 4.69) is 15.6 Å². The molecular formula is C15H16N4O3. The number of benzene rings is 1. The average Bonchev–Trinajstić information content (AvgIpc) is 2.52. The normalized spacial score (nSPS) is 11.7. The zero-order chi connectivity index (χ0) is 16.1. The first kappa shape index (κ1) is 15.4. The van der Waals surface area contributed by atoms with Crippen molar-refractivity contribution in [1.29, 1.82) is 0 Å². The summed E-state index contributed by atoms with van der Waals surface area (Å²) in [5.41, 5.74) is 6.23. The summed E-state index contributed by atoms with van der Waals surface area (Å²) < 4.78 is 0. The first-order valence-electron chi connectivity index (χ1n) is 6.67. The Morgan fingerprint density at radius 1 is 1.27 bits per heavy atom. The Labute approximate surface area is 126 Å². The molecule has 2 aromatic rings. The number of nitrogens with zero attached hydrogens (tertiary/aromatic N) is 1. The number of nitrogens with two attached hydrogens (primary N) is 1. The summed E-state index contributed by atoms with van der Waals surface area (Å²) in [5, 5.41) is 5.70. The van der Waals surface area contributed by atoms with Gasteiger partial charge in [-0.15, -0.1) is 0 Å². The molecule has 7 nitrogen and oxygen atoms in total. The predicted octanol–water partition coefficient (Wildman–Crippen LogP) is -0.0454. The Kier molecular flexibility index (Phi) is 4.67. The lowest BCUT2D eigenvalue weighted by Gasteiger charge is -2.15. The van der Waals surface area contributed by atoms with Crippen LogP contribution in [-0.2, 0) is 9.59 Å². The minimum Gasteiger partial charge on any atom is -0.370 e. The molecule has 0 aliphatic carbocycles. The molecule has 0 spiro atoms. The summed E-state index contributed by atoms with van der Waals surface area (Å²) >= 11 is 0. The lowest BCUT2D eigenvalue weighted by atomic mass is 10.1. The fourth-order valence-corrected chi connectivity index (χ4v) is 2.04. The molecule has 0 aliphatic heterocycles. The molecule has 1 aromatic carbocycles. The van der Waals surface area contributed by atoms with Gasteiger partial charge in [-0.3, -0.25) is 19.4 Å². The van der Waals surface area contributed by atoms with Crippen LogP contribution in [0.1, 0.15) is 16.8 Å². The lowest BCUT2D eigenvalue weighted by molar-refractivity contribution is -0.126. The second kappa shape index (κ2) is 6.66. The summed E-state index contributed by atoms with van der Waals surface area (Å²) in [4.78, 5) is 39.1. The third kappa shape index (κ3) is 3.57. The van der Waals surface area contributed by atoms with E-state index >= 15 is 0 Å². The molecule has 0 bridgehead atoms. The number of primary amides is 1. The summed E-state index contributed by atoms with van der Waals surface area (Å²) in [6, 6.07) is 7.59. The van der Waals surface area contributed by atoms with Crippen molar-refractivity contribution in [2.45, 2.75) is 12.5 Å². The number of carbonyl (C=O) groups excluding carboxylic acids is 3. The molecule has 1 heterocycles. The van der Waals surface area contributed by atoms with Gasteiger partial charge < -0.3 is 16.4 Å². The molecular weight excluding hydrogens is 284 g/mol. The molecule has 0 radical (unpaired) electrons. The van der Waals surface area contributed by atoms with E-state index in [1.165, 1.54) is 7.05 Å². The van der Waals surface area contributed by atoms with Crippen molar-refractivity contribution in [1.82, 2.24) is 15.6 Å². The van der Waals surface area contributed by atoms with Crippen LogP contribution in [0.25, 0.3) is 10.9 Å². The molecule has 3 amide bonds. The third-order valence-corrected chi connectivity index (χ3v) is 3.14. The maximum Gasteiger partial charge on any atom is 0.251 e. The van der Waals surface area contributed by atoms with Crippen LogP contribution in [0.3, 0.4) is 0 Å². The van der Waals surface area contributed by atoms with Crippen molar-refractivity contribution in [3.63, 3.8) is 0 Å². The number of fused-ring (bicyclic) bond motifs is 1. The molecule has 1 aromatic heterocycles. The number of carbonyl (C=O) groups is 3. The van der Waals surface area contributed by atoms with E-state index in [9.17, 15) is 14.4 Å². The number of likely N-dealkylation sites (N-methyl/N-ethyl adjacent to an activating group) is 1. The van der Waals surface area contributed by atoms with Gasteiger partial charge in [0.15, 0.2) is 0 Å². The van der Waals surface area contributed by atoms with Crippen LogP contribution < -0.4 is 16.4 Å². The topological polar surface area (TPSA) is 114 Å². The van der Waals surface area contributed by atoms with Gasteiger partial charge in [0, 0.05) is 24.2 Å². The van der Waals surface area contributed by atoms with Gasteiger partial charge in [-0.1, -0.05) is 6.07 Å². The highest BCUT2D eigenvalue weighted by Gasteiger charge is 2.22. The molecule has 0 saturated carbocycles. The van der Waals surface area contributed by atoms with Crippen molar-refractivity contribution < 1.29 is 14.4 Å². The molecule has 22 heavy (non-hydrogen) atoms. The Morgan fingerprint density at radius 3 is 2.73 bits per heavy atom. The molecule has 1 atom stereocenters. The molecule has 0 unspecified atom stereocenters. The molecule has 7 heteroatoms. The predicted molar refractivity (Wildman–Crippen MR) is 80.9 cm³/mol. The number of rotatable bonds is 5. The van der Waals surface area contributed by atoms with Gasteiger partial charge in [-0.05, 0) is 24.3 Å². The molecule has 4 N–H and O–H groups in total. The van der Waals surface area contributed by atoms with Crippen molar-refractivity contribution in [3.8, 4) is 0 Å². The Morgan fingerprint density at radius 2 is 2.05 bits per heavy atom. The Bertz CT molecular complexity index is 730. The number of pyridine rings is 1. The van der Waals surface area contributed by atoms with E-state index in [-0.39, 0.29) is 6.42 Å². The second-order valence-electron chi connectivity index (χ2n) is 4.72. The molecule has 0 saturated heterocycles. The molecule has 0 fully saturated rings. The van der Waals surface area contributed by atoms with Gasteiger partial charge in [-0.25, -0.2) is 0 Å². The number of hydrogen-bond acceptors (Lipinski definition) is 4. The monoisotopic (exact) mass is 300 g/mol. The summed E-state index contributed by atoms with van der Waals surface area (Å²) in [5.74, 6) is -1.60. The van der Waals surface area contributed by atoms with E-state index < -0.39 is 23.8 Å². The van der Waals surface area contributed by atoms with Crippen molar-refractivity contribution in [2.75, 3.05) is 7.05 Å². The summed E-state index contributed by atoms with van der Waals surface area (Å²) in [6.07, 6.45) is 1.40. The van der Waals surface area contributed by atoms with Gasteiger partial charge in [0.1, 0.15) is 6.04 Å². The van der Waals surface area contributed by atoms with Crippen LogP contribution in [0, 0.1) is 0 Å². The van der Waals surface area contributed by atoms with E-state index in [4.69, 9.17) is 5.73 Å². The minimum atomic E-state index is -1.00. The summed E-state index contributed by atoms with van der Waals surface area (Å²) in [6.45, 7) is 0. The second-order valence-corrected chi connectivity index (χ2v) is 4.72. The molecule has 0 aliphatic rings. The van der Waals surface area contributed by atoms with Crippen LogP contribution in [-0.4, -0.2) is 35.8 Å². The van der Waals surface area contributed by atoms with Gasteiger partial charge in [0.05, 0.1) is 11.9 Å². The van der Waals surface area contributed by atoms with E-state index in [1.54, 1.807) is 30.5 Å². The zero-order valence-electron chi connectivity index (χ0n) is 12.0. The highest BCUT2D eigenvalue weighted by Crippen LogP contribution is 2.13. The maximum absolute atomic E-state index is 12.2. The van der Waals surface area contributed by atoms with Crippen LogP contribution >= 0.6 is 0 Å². The van der Waals surface area contributed by atoms with Crippen LogP contribution in [0.2, 0.25) is 0 Å². The molecule has 114 valence electrons. The highest BCUT2D eigenvalue weighted by atomic mass is 16.2. The van der Waals surface area contributed by atoms with E-state index in [0.29, 0.717) is 5.56 Å². The summed E-state index contributed by atoms with van der Waals surface area (Å²) in [7, 11) is 1.42. The largest absolute Gasteiger partial charge is 0.370 e. The molecule has 2 rings (SSSR count). The SMILES string of the molecule is CNC(=O)[C@H](CC(N)=O)NC(=O)c1ccc2ncccc2c1. The number of aromatic nitrogens is 1. The number of amides is 3. The minimum absolute atomic E-state index is 0.263. The first-order valence-corrected chi connectivity index (χ1v) is 6.67. The fraction of sp³-hybridized carbons (Fsp3) is 0.200. The number of hydrogen-bond donors (Lipinski definition) is 3. The number of nitrogens with one attached hydrogen (secondary N) is 2. The van der Waals surface area contributed by atoms with E-state index in [0.717, 1.165) is 10.9 Å². The lowest BCUT2D eigenvalue weighted by Crippen LogP contribution is -2.47. The quantitative estimate of drug-likeness (QED) is 0.718. The van der Waals surface area contributed by atoms with Gasteiger partial charge in [-0.2, -0.15) is 0 Å². The zero-order valence-corrected chi connectivity index (χ0v) is 12.0. The Balaban J connectivity index is 2.20. The van der Waals surface area contributed by atoms with E-state index in [1.807, 2.05) is 6.07 Å². The standard InChI is InChI=1S/C15H16N4O3/c1-17-15(22)12(8-13(16)20)19-14(21)10-4-5-11-9(7-10)3-2-6-18-11/h2-7,12H,8H2,1H3,(H2,16,20)(H,17,22)(H,19,21)/t12-/m0/s1. The average molecular weight is 300 g/mol. The smallest absolute Gasteiger partial charge is 0.251 e. The van der Waals surface area contributed by atoms with Crippen LogP contribution in [0.5, 0.6) is 0 Å². The van der Waals surface area contributed by atoms with Crippen LogP contribution in [0.4, 0.5) is 0 Å². The van der Waals surface area contributed by atoms with Crippen LogP contribution in [0.15, 0.2) is 36.5 Å². The maximum atomic E-state index is 12.2. The first-order chi connectivity index (χ1) is 10.5. The van der Waals surface area contributed by atoms with Crippen molar-refractivity contribution in [3.05, 3.63) is 42.1 Å². The highest BCUT2D eigenvalue weighted by molar-refractivity contribution is 6.01. The van der Waals surface area contributed by atoms with Gasteiger partial charge in [0.25, 0.3) is 5.91 Å². The Hall–Kier alpha value is -2.96. The van der Waals surface area contributed by atoms with Gasteiger partial charge >= 0.3 is 0 Å². The third-order valence-electron chi connectivity index (χ3n) is 3.14. The van der Waals surface area contributed by atoms with Crippen molar-refractivity contribution in [2.24, 2.45) is 5.73 Å².